The molecule has 3 nitrogen and oxygen atoms in total. The van der Waals surface area contributed by atoms with E-state index < -0.39 is 0 Å². The van der Waals surface area contributed by atoms with Crippen molar-refractivity contribution < 1.29 is 9.53 Å². The number of rotatable bonds is 5. The van der Waals surface area contributed by atoms with E-state index in [-0.39, 0.29) is 11.9 Å². The minimum absolute atomic E-state index is 0.00855. The van der Waals surface area contributed by atoms with Crippen molar-refractivity contribution in [1.82, 2.24) is 5.32 Å². The molecular formula is C16H19NO2S. The van der Waals surface area contributed by atoms with Gasteiger partial charge in [-0.2, -0.15) is 0 Å². The second kappa shape index (κ2) is 6.57. The summed E-state index contributed by atoms with van der Waals surface area (Å²) in [5.41, 5.74) is 1.09. The van der Waals surface area contributed by atoms with Gasteiger partial charge >= 0.3 is 0 Å². The zero-order chi connectivity index (χ0) is 14.5. The molecule has 0 aliphatic heterocycles. The number of benzene rings is 1. The highest BCUT2D eigenvalue weighted by Gasteiger charge is 2.15. The van der Waals surface area contributed by atoms with E-state index in [0.29, 0.717) is 0 Å². The number of amides is 1. The number of thiophene rings is 1. The van der Waals surface area contributed by atoms with Gasteiger partial charge in [-0.05, 0) is 43.2 Å². The predicted molar refractivity (Wildman–Crippen MR) is 82.5 cm³/mol. The van der Waals surface area contributed by atoms with Crippen molar-refractivity contribution in [2.24, 2.45) is 0 Å². The summed E-state index contributed by atoms with van der Waals surface area (Å²) in [6.07, 6.45) is 0.850. The van der Waals surface area contributed by atoms with Crippen LogP contribution in [0.15, 0.2) is 36.4 Å². The smallest absolute Gasteiger partial charge is 0.261 e. The van der Waals surface area contributed by atoms with Gasteiger partial charge in [0.2, 0.25) is 0 Å². The molecule has 1 N–H and O–H groups in total. The first-order valence-electron chi connectivity index (χ1n) is 6.65. The summed E-state index contributed by atoms with van der Waals surface area (Å²) in [5.74, 6) is 0.814. The maximum atomic E-state index is 12.2. The van der Waals surface area contributed by atoms with Gasteiger partial charge in [-0.1, -0.05) is 19.1 Å². The third kappa shape index (κ3) is 3.39. The quantitative estimate of drug-likeness (QED) is 0.905. The lowest BCUT2D eigenvalue weighted by atomic mass is 10.0. The highest BCUT2D eigenvalue weighted by Crippen LogP contribution is 2.22. The van der Waals surface area contributed by atoms with Gasteiger partial charge in [0, 0.05) is 4.88 Å². The maximum Gasteiger partial charge on any atom is 0.261 e. The molecule has 2 aromatic rings. The van der Waals surface area contributed by atoms with Gasteiger partial charge in [0.05, 0.1) is 18.0 Å². The van der Waals surface area contributed by atoms with Crippen LogP contribution >= 0.6 is 11.3 Å². The van der Waals surface area contributed by atoms with Crippen LogP contribution < -0.4 is 10.1 Å². The van der Waals surface area contributed by atoms with Crippen LogP contribution in [-0.4, -0.2) is 13.0 Å². The third-order valence-corrected chi connectivity index (χ3v) is 4.20. The first kappa shape index (κ1) is 14.6. The first-order valence-corrected chi connectivity index (χ1v) is 7.47. The minimum atomic E-state index is -0.00855. The third-order valence-electron chi connectivity index (χ3n) is 3.20. The van der Waals surface area contributed by atoms with Crippen molar-refractivity contribution in [3.63, 3.8) is 0 Å². The molecule has 1 aromatic heterocycles. The van der Waals surface area contributed by atoms with Crippen molar-refractivity contribution in [3.8, 4) is 5.75 Å². The number of hydrogen-bond donors (Lipinski definition) is 1. The Morgan fingerprint density at radius 3 is 2.45 bits per heavy atom. The molecule has 1 unspecified atom stereocenters. The van der Waals surface area contributed by atoms with Crippen LogP contribution in [0.3, 0.4) is 0 Å². The van der Waals surface area contributed by atoms with Crippen LogP contribution in [0.5, 0.6) is 5.75 Å². The minimum Gasteiger partial charge on any atom is -0.497 e. The van der Waals surface area contributed by atoms with Crippen molar-refractivity contribution in [2.45, 2.75) is 26.3 Å². The number of carbonyl (C=O) groups excluding carboxylic acids is 1. The van der Waals surface area contributed by atoms with Gasteiger partial charge in [-0.3, -0.25) is 4.79 Å². The molecule has 0 bridgehead atoms. The molecule has 20 heavy (non-hydrogen) atoms. The van der Waals surface area contributed by atoms with Crippen LogP contribution in [0.2, 0.25) is 0 Å². The van der Waals surface area contributed by atoms with E-state index >= 15 is 0 Å². The Morgan fingerprint density at radius 2 is 1.95 bits per heavy atom. The molecule has 106 valence electrons. The van der Waals surface area contributed by atoms with E-state index in [1.54, 1.807) is 7.11 Å². The SMILES string of the molecule is CCC(NC(=O)c1ccc(C)s1)c1ccc(OC)cc1. The lowest BCUT2D eigenvalue weighted by molar-refractivity contribution is 0.0939. The molecular weight excluding hydrogens is 270 g/mol. The van der Waals surface area contributed by atoms with Crippen molar-refractivity contribution in [2.75, 3.05) is 7.11 Å². The van der Waals surface area contributed by atoms with Gasteiger partial charge in [-0.25, -0.2) is 0 Å². The molecule has 0 spiro atoms. The molecule has 0 aliphatic carbocycles. The largest absolute Gasteiger partial charge is 0.497 e. The zero-order valence-electron chi connectivity index (χ0n) is 12.0. The van der Waals surface area contributed by atoms with Crippen molar-refractivity contribution >= 4 is 17.2 Å². The monoisotopic (exact) mass is 289 g/mol. The Hall–Kier alpha value is -1.81. The van der Waals surface area contributed by atoms with Gasteiger partial charge in [-0.15, -0.1) is 11.3 Å². The summed E-state index contributed by atoms with van der Waals surface area (Å²) in [6.45, 7) is 4.07. The predicted octanol–water partition coefficient (Wildman–Crippen LogP) is 3.95. The standard InChI is InChI=1S/C16H19NO2S/c1-4-14(12-6-8-13(19-3)9-7-12)17-16(18)15-10-5-11(2)20-15/h5-10,14H,4H2,1-3H3,(H,17,18). The zero-order valence-corrected chi connectivity index (χ0v) is 12.8. The molecule has 0 aliphatic rings. The summed E-state index contributed by atoms with van der Waals surface area (Å²) in [6, 6.07) is 11.7. The Labute approximate surface area is 123 Å². The number of aryl methyl sites for hydroxylation is 1. The normalized spacial score (nSPS) is 11.9. The van der Waals surface area contributed by atoms with Gasteiger partial charge in [0.1, 0.15) is 5.75 Å². The molecule has 4 heteroatoms. The van der Waals surface area contributed by atoms with E-state index in [0.717, 1.165) is 27.5 Å². The summed E-state index contributed by atoms with van der Waals surface area (Å²) in [7, 11) is 1.65. The Morgan fingerprint density at radius 1 is 1.25 bits per heavy atom. The Bertz CT molecular complexity index is 574. The molecule has 0 fully saturated rings. The van der Waals surface area contributed by atoms with Gasteiger partial charge < -0.3 is 10.1 Å². The van der Waals surface area contributed by atoms with E-state index in [2.05, 4.69) is 12.2 Å². The molecule has 0 saturated heterocycles. The topological polar surface area (TPSA) is 38.3 Å². The van der Waals surface area contributed by atoms with Crippen LogP contribution in [0.25, 0.3) is 0 Å². The fraction of sp³-hybridized carbons (Fsp3) is 0.312. The van der Waals surface area contributed by atoms with Crippen LogP contribution in [0, 0.1) is 6.92 Å². The number of carbonyl (C=O) groups is 1. The lowest BCUT2D eigenvalue weighted by Crippen LogP contribution is -2.27. The second-order valence-corrected chi connectivity index (χ2v) is 5.91. The first-order chi connectivity index (χ1) is 9.63. The van der Waals surface area contributed by atoms with Crippen molar-refractivity contribution in [3.05, 3.63) is 51.7 Å². The average Bonchev–Trinajstić information content (AvgIpc) is 2.91. The fourth-order valence-electron chi connectivity index (χ4n) is 2.04. The van der Waals surface area contributed by atoms with Crippen LogP contribution in [0.1, 0.15) is 39.5 Å². The number of ether oxygens (including phenoxy) is 1. The summed E-state index contributed by atoms with van der Waals surface area (Å²) >= 11 is 1.52. The molecule has 1 atom stereocenters. The molecule has 0 saturated carbocycles. The van der Waals surface area contributed by atoms with Crippen LogP contribution in [-0.2, 0) is 0 Å². The molecule has 1 heterocycles. The number of methoxy groups -OCH3 is 1. The summed E-state index contributed by atoms with van der Waals surface area (Å²) in [4.78, 5) is 14.1. The maximum absolute atomic E-state index is 12.2. The second-order valence-electron chi connectivity index (χ2n) is 4.62. The van der Waals surface area contributed by atoms with E-state index in [1.165, 1.54) is 11.3 Å². The molecule has 0 radical (unpaired) electrons. The number of nitrogens with one attached hydrogen (secondary N) is 1. The summed E-state index contributed by atoms with van der Waals surface area (Å²) < 4.78 is 5.15. The number of hydrogen-bond acceptors (Lipinski definition) is 3. The van der Waals surface area contributed by atoms with E-state index in [4.69, 9.17) is 4.74 Å². The van der Waals surface area contributed by atoms with Gasteiger partial charge in [0.15, 0.2) is 0 Å². The fourth-order valence-corrected chi connectivity index (χ4v) is 2.81. The van der Waals surface area contributed by atoms with E-state index in [1.807, 2.05) is 43.3 Å². The Balaban J connectivity index is 2.09. The lowest BCUT2D eigenvalue weighted by Gasteiger charge is -2.17. The Kier molecular flexibility index (Phi) is 4.79. The highest BCUT2D eigenvalue weighted by molar-refractivity contribution is 7.13. The molecule has 2 rings (SSSR count). The van der Waals surface area contributed by atoms with Gasteiger partial charge in [0.25, 0.3) is 5.91 Å². The van der Waals surface area contributed by atoms with Crippen LogP contribution in [0.4, 0.5) is 0 Å². The van der Waals surface area contributed by atoms with Crippen molar-refractivity contribution in [1.29, 1.82) is 0 Å². The molecule has 1 aromatic carbocycles. The summed E-state index contributed by atoms with van der Waals surface area (Å²) in [5, 5.41) is 3.08. The average molecular weight is 289 g/mol. The highest BCUT2D eigenvalue weighted by atomic mass is 32.1. The molecule has 1 amide bonds. The van der Waals surface area contributed by atoms with E-state index in [9.17, 15) is 4.79 Å².